The molecular formula is C28H24ClN3O5S. The fourth-order valence-corrected chi connectivity index (χ4v) is 5.76. The fraction of sp³-hybridized carbons (Fsp3) is 0.143. The summed E-state index contributed by atoms with van der Waals surface area (Å²) in [6, 6.07) is 22.0. The highest BCUT2D eigenvalue weighted by atomic mass is 35.5. The predicted octanol–water partition coefficient (Wildman–Crippen LogP) is 4.93. The van der Waals surface area contributed by atoms with Crippen LogP contribution in [-0.2, 0) is 21.2 Å². The van der Waals surface area contributed by atoms with Crippen LogP contribution >= 0.6 is 11.6 Å². The third-order valence-corrected chi connectivity index (χ3v) is 8.14. The summed E-state index contributed by atoms with van der Waals surface area (Å²) in [4.78, 5) is 17.3. The molecule has 3 aromatic carbocycles. The van der Waals surface area contributed by atoms with Crippen LogP contribution in [0.5, 0.6) is 11.5 Å². The molecular weight excluding hydrogens is 526 g/mol. The van der Waals surface area contributed by atoms with Gasteiger partial charge in [0.15, 0.2) is 6.10 Å². The average Bonchev–Trinajstić information content (AvgIpc) is 2.94. The molecule has 0 saturated carbocycles. The number of ether oxygens (including phenoxy) is 2. The SMILES string of the molecule is COc1ccc(S(=O)(=O)N2C[C@@H](C(=O)Nc3ccc(Cc4ccncc4)cc3)Oc3ccc(Cl)cc32)cc1. The zero-order valence-electron chi connectivity index (χ0n) is 20.4. The molecule has 1 atom stereocenters. The Morgan fingerprint density at radius 2 is 1.71 bits per heavy atom. The third-order valence-electron chi connectivity index (χ3n) is 6.11. The smallest absolute Gasteiger partial charge is 0.267 e. The van der Waals surface area contributed by atoms with Gasteiger partial charge >= 0.3 is 0 Å². The van der Waals surface area contributed by atoms with Crippen molar-refractivity contribution in [3.63, 3.8) is 0 Å². The quantitative estimate of drug-likeness (QED) is 0.351. The molecule has 0 spiro atoms. The van der Waals surface area contributed by atoms with Crippen molar-refractivity contribution >= 4 is 38.9 Å². The Labute approximate surface area is 225 Å². The number of sulfonamides is 1. The largest absolute Gasteiger partial charge is 0.497 e. The predicted molar refractivity (Wildman–Crippen MR) is 146 cm³/mol. The minimum atomic E-state index is -4.04. The highest BCUT2D eigenvalue weighted by molar-refractivity contribution is 7.92. The number of anilines is 2. The highest BCUT2D eigenvalue weighted by Gasteiger charge is 2.38. The van der Waals surface area contributed by atoms with Crippen molar-refractivity contribution in [2.45, 2.75) is 17.4 Å². The van der Waals surface area contributed by atoms with Gasteiger partial charge in [-0.3, -0.25) is 14.1 Å². The number of aromatic nitrogens is 1. The first-order chi connectivity index (χ1) is 18.3. The monoisotopic (exact) mass is 549 g/mol. The van der Waals surface area contributed by atoms with E-state index in [9.17, 15) is 13.2 Å². The first-order valence-corrected chi connectivity index (χ1v) is 13.6. The van der Waals surface area contributed by atoms with Gasteiger partial charge in [0.1, 0.15) is 11.5 Å². The maximum atomic E-state index is 13.6. The summed E-state index contributed by atoms with van der Waals surface area (Å²) in [6.07, 6.45) is 3.14. The molecule has 194 valence electrons. The van der Waals surface area contributed by atoms with Crippen molar-refractivity contribution in [3.05, 3.63) is 107 Å². The van der Waals surface area contributed by atoms with E-state index in [-0.39, 0.29) is 22.9 Å². The van der Waals surface area contributed by atoms with Crippen LogP contribution in [0.3, 0.4) is 0 Å². The molecule has 4 aromatic rings. The van der Waals surface area contributed by atoms with Crippen LogP contribution in [0.1, 0.15) is 11.1 Å². The Morgan fingerprint density at radius 1 is 1.03 bits per heavy atom. The van der Waals surface area contributed by atoms with E-state index in [4.69, 9.17) is 21.1 Å². The van der Waals surface area contributed by atoms with Gasteiger partial charge in [0.05, 0.1) is 24.2 Å². The van der Waals surface area contributed by atoms with Crippen molar-refractivity contribution in [1.82, 2.24) is 4.98 Å². The van der Waals surface area contributed by atoms with Gasteiger partial charge < -0.3 is 14.8 Å². The van der Waals surface area contributed by atoms with Crippen molar-refractivity contribution in [2.75, 3.05) is 23.3 Å². The van der Waals surface area contributed by atoms with E-state index in [2.05, 4.69) is 10.3 Å². The summed E-state index contributed by atoms with van der Waals surface area (Å²) in [7, 11) is -2.54. The van der Waals surface area contributed by atoms with E-state index in [1.165, 1.54) is 25.3 Å². The van der Waals surface area contributed by atoms with Gasteiger partial charge in [-0.05, 0) is 84.3 Å². The first-order valence-electron chi connectivity index (χ1n) is 11.8. The van der Waals surface area contributed by atoms with Crippen LogP contribution in [0.25, 0.3) is 0 Å². The molecule has 0 saturated heterocycles. The van der Waals surface area contributed by atoms with Crippen LogP contribution in [0.15, 0.2) is 96.2 Å². The van der Waals surface area contributed by atoms with Gasteiger partial charge in [-0.2, -0.15) is 0 Å². The van der Waals surface area contributed by atoms with Crippen LogP contribution in [0.4, 0.5) is 11.4 Å². The van der Waals surface area contributed by atoms with Crippen molar-refractivity contribution in [2.24, 2.45) is 0 Å². The number of nitrogens with one attached hydrogen (secondary N) is 1. The number of pyridine rings is 1. The second kappa shape index (κ2) is 10.7. The van der Waals surface area contributed by atoms with Crippen molar-refractivity contribution < 1.29 is 22.7 Å². The number of nitrogens with zero attached hydrogens (tertiary/aromatic N) is 2. The number of rotatable bonds is 7. The lowest BCUT2D eigenvalue weighted by molar-refractivity contribution is -0.122. The molecule has 8 nitrogen and oxygen atoms in total. The van der Waals surface area contributed by atoms with Crippen molar-refractivity contribution in [3.8, 4) is 11.5 Å². The number of amides is 1. The Kier molecular flexibility index (Phi) is 7.22. The molecule has 0 fully saturated rings. The minimum Gasteiger partial charge on any atom is -0.497 e. The van der Waals surface area contributed by atoms with Gasteiger partial charge in [0.25, 0.3) is 15.9 Å². The number of carbonyl (C=O) groups is 1. The lowest BCUT2D eigenvalue weighted by atomic mass is 10.1. The topological polar surface area (TPSA) is 97.8 Å². The number of hydrogen-bond donors (Lipinski definition) is 1. The number of hydrogen-bond acceptors (Lipinski definition) is 6. The standard InChI is InChI=1S/C28H24ClN3O5S/c1-36-23-7-9-24(10-8-23)38(34,35)32-18-27(37-26-11-4-21(29)17-25(26)32)28(33)31-22-5-2-19(3-6-22)16-20-12-14-30-15-13-20/h2-15,17,27H,16,18H2,1H3,(H,31,33)/t27-/m0/s1. The normalized spacial score (nSPS) is 14.8. The second-order valence-corrected chi connectivity index (χ2v) is 10.9. The first kappa shape index (κ1) is 25.6. The molecule has 10 heteroatoms. The second-order valence-electron chi connectivity index (χ2n) is 8.65. The molecule has 38 heavy (non-hydrogen) atoms. The van der Waals surface area contributed by atoms with E-state index >= 15 is 0 Å². The van der Waals surface area contributed by atoms with E-state index in [1.807, 2.05) is 24.3 Å². The molecule has 0 aliphatic carbocycles. The molecule has 0 bridgehead atoms. The van der Waals surface area contributed by atoms with E-state index in [0.717, 1.165) is 21.9 Å². The Bertz CT molecular complexity index is 1550. The van der Waals surface area contributed by atoms with Crippen LogP contribution < -0.4 is 19.1 Å². The lowest BCUT2D eigenvalue weighted by Gasteiger charge is -2.34. The van der Waals surface area contributed by atoms with E-state index < -0.39 is 22.0 Å². The zero-order chi connectivity index (χ0) is 26.7. The van der Waals surface area contributed by atoms with Crippen molar-refractivity contribution in [1.29, 1.82) is 0 Å². The van der Waals surface area contributed by atoms with Gasteiger partial charge in [0.2, 0.25) is 0 Å². The lowest BCUT2D eigenvalue weighted by Crippen LogP contribution is -2.48. The average molecular weight is 550 g/mol. The Balaban J connectivity index is 1.36. The number of carbonyl (C=O) groups excluding carboxylic acids is 1. The molecule has 0 radical (unpaired) electrons. The summed E-state index contributed by atoms with van der Waals surface area (Å²) in [6.45, 7) is -0.229. The Hall–Kier alpha value is -4.08. The van der Waals surface area contributed by atoms with Crippen LogP contribution in [0, 0.1) is 0 Å². The van der Waals surface area contributed by atoms with Crippen LogP contribution in [-0.4, -0.2) is 39.1 Å². The number of fused-ring (bicyclic) bond motifs is 1. The number of benzene rings is 3. The fourth-order valence-electron chi connectivity index (χ4n) is 4.13. The molecule has 0 unspecified atom stereocenters. The van der Waals surface area contributed by atoms with Crippen LogP contribution in [0.2, 0.25) is 5.02 Å². The Morgan fingerprint density at radius 3 is 2.39 bits per heavy atom. The number of methoxy groups -OCH3 is 1. The number of halogens is 1. The molecule has 1 amide bonds. The summed E-state index contributed by atoms with van der Waals surface area (Å²) in [5.74, 6) is 0.298. The van der Waals surface area contributed by atoms with E-state index in [0.29, 0.717) is 16.5 Å². The van der Waals surface area contributed by atoms with Gasteiger partial charge in [-0.15, -0.1) is 0 Å². The molecule has 2 heterocycles. The zero-order valence-corrected chi connectivity index (χ0v) is 21.9. The summed E-state index contributed by atoms with van der Waals surface area (Å²) in [5, 5.41) is 3.18. The van der Waals surface area contributed by atoms with Gasteiger partial charge in [-0.1, -0.05) is 23.7 Å². The van der Waals surface area contributed by atoms with Gasteiger partial charge in [-0.25, -0.2) is 8.42 Å². The molecule has 1 N–H and O–H groups in total. The summed E-state index contributed by atoms with van der Waals surface area (Å²) in [5.41, 5.74) is 3.04. The maximum Gasteiger partial charge on any atom is 0.267 e. The van der Waals surface area contributed by atoms with E-state index in [1.54, 1.807) is 48.8 Å². The summed E-state index contributed by atoms with van der Waals surface area (Å²) >= 11 is 6.17. The molecule has 1 aliphatic heterocycles. The molecule has 5 rings (SSSR count). The maximum absolute atomic E-state index is 13.6. The molecule has 1 aliphatic rings. The van der Waals surface area contributed by atoms with Gasteiger partial charge in [0, 0.05) is 23.1 Å². The summed E-state index contributed by atoms with van der Waals surface area (Å²) < 4.78 is 39.5. The third kappa shape index (κ3) is 5.44. The molecule has 1 aromatic heterocycles. The highest BCUT2D eigenvalue weighted by Crippen LogP contribution is 2.39. The minimum absolute atomic E-state index is 0.0510.